The van der Waals surface area contributed by atoms with E-state index in [4.69, 9.17) is 0 Å². The molecule has 8 heteroatoms. The minimum absolute atomic E-state index is 0.0529. The molecule has 0 aliphatic carbocycles. The first-order valence-electron chi connectivity index (χ1n) is 8.28. The molecule has 28 heavy (non-hydrogen) atoms. The summed E-state index contributed by atoms with van der Waals surface area (Å²) in [4.78, 5) is 24.7. The maximum Gasteiger partial charge on any atom is 0.271 e. The lowest BCUT2D eigenvalue weighted by molar-refractivity contribution is 0.0845. The highest BCUT2D eigenvalue weighted by Crippen LogP contribution is 2.21. The van der Waals surface area contributed by atoms with E-state index in [1.54, 1.807) is 29.7 Å². The molecule has 0 fully saturated rings. The summed E-state index contributed by atoms with van der Waals surface area (Å²) in [5.74, 6) is -2.10. The van der Waals surface area contributed by atoms with Crippen LogP contribution in [-0.2, 0) is 0 Å². The van der Waals surface area contributed by atoms with Crippen molar-refractivity contribution in [2.24, 2.45) is 0 Å². The minimum atomic E-state index is -0.660. The van der Waals surface area contributed by atoms with Crippen molar-refractivity contribution in [3.63, 3.8) is 0 Å². The number of nitrogens with zero attached hydrogens (tertiary/aromatic N) is 1. The molecule has 2 aromatic carbocycles. The van der Waals surface area contributed by atoms with Gasteiger partial charge in [0.05, 0.1) is 11.1 Å². The Bertz CT molecular complexity index is 1060. The van der Waals surface area contributed by atoms with Gasteiger partial charge in [-0.2, -0.15) is 0 Å². The van der Waals surface area contributed by atoms with Crippen molar-refractivity contribution in [1.82, 2.24) is 15.4 Å². The quantitative estimate of drug-likeness (QED) is 0.590. The van der Waals surface area contributed by atoms with Crippen LogP contribution in [0.15, 0.2) is 53.0 Å². The van der Waals surface area contributed by atoms with Gasteiger partial charge in [-0.25, -0.2) is 8.78 Å². The molecule has 2 amide bonds. The first-order valence-corrected chi connectivity index (χ1v) is 9.08. The van der Waals surface area contributed by atoms with E-state index in [0.717, 1.165) is 11.8 Å². The monoisotopic (exact) mass is 447 g/mol. The van der Waals surface area contributed by atoms with E-state index in [1.165, 1.54) is 24.3 Å². The zero-order valence-electron chi connectivity index (χ0n) is 15.0. The lowest BCUT2D eigenvalue weighted by Gasteiger charge is -2.11. The lowest BCUT2D eigenvalue weighted by atomic mass is 10.2. The number of halogens is 3. The van der Waals surface area contributed by atoms with E-state index in [9.17, 15) is 18.4 Å². The molecule has 1 aromatic heterocycles. The molecular formula is C20H16BrF2N3O2. The van der Waals surface area contributed by atoms with E-state index in [-0.39, 0.29) is 11.4 Å². The van der Waals surface area contributed by atoms with Gasteiger partial charge in [0.2, 0.25) is 0 Å². The van der Waals surface area contributed by atoms with Gasteiger partial charge < -0.3 is 4.57 Å². The molecule has 0 saturated heterocycles. The molecule has 0 radical (unpaired) electrons. The maximum absolute atomic E-state index is 13.3. The lowest BCUT2D eigenvalue weighted by Crippen LogP contribution is -2.42. The van der Waals surface area contributed by atoms with Gasteiger partial charge >= 0.3 is 0 Å². The van der Waals surface area contributed by atoms with Crippen LogP contribution >= 0.6 is 15.9 Å². The summed E-state index contributed by atoms with van der Waals surface area (Å²) >= 11 is 3.17. The van der Waals surface area contributed by atoms with Crippen LogP contribution in [0.1, 0.15) is 32.1 Å². The molecular weight excluding hydrogens is 432 g/mol. The van der Waals surface area contributed by atoms with Gasteiger partial charge in [0.15, 0.2) is 0 Å². The second-order valence-electron chi connectivity index (χ2n) is 6.13. The summed E-state index contributed by atoms with van der Waals surface area (Å²) in [6.07, 6.45) is 0. The highest BCUT2D eigenvalue weighted by molar-refractivity contribution is 9.10. The number of hydrogen-bond donors (Lipinski definition) is 2. The summed E-state index contributed by atoms with van der Waals surface area (Å²) < 4.78 is 28.7. The summed E-state index contributed by atoms with van der Waals surface area (Å²) in [6.45, 7) is 3.56. The third kappa shape index (κ3) is 3.96. The van der Waals surface area contributed by atoms with Crippen molar-refractivity contribution in [3.8, 4) is 5.69 Å². The zero-order valence-corrected chi connectivity index (χ0v) is 16.6. The van der Waals surface area contributed by atoms with Crippen LogP contribution in [0.2, 0.25) is 0 Å². The van der Waals surface area contributed by atoms with E-state index in [2.05, 4.69) is 26.8 Å². The van der Waals surface area contributed by atoms with Crippen LogP contribution < -0.4 is 10.9 Å². The normalized spacial score (nSPS) is 10.6. The molecule has 2 N–H and O–H groups in total. The molecule has 0 saturated carbocycles. The van der Waals surface area contributed by atoms with E-state index in [0.29, 0.717) is 21.4 Å². The van der Waals surface area contributed by atoms with Gasteiger partial charge in [-0.05, 0) is 78.3 Å². The summed E-state index contributed by atoms with van der Waals surface area (Å²) in [5.41, 5.74) is 7.12. The SMILES string of the molecule is Cc1cc(C(=O)NNC(=O)c2cc(F)ccc2Br)c(C)n1-c1ccc(F)cc1. The number of hydrogen-bond acceptors (Lipinski definition) is 2. The fraction of sp³-hybridized carbons (Fsp3) is 0.100. The zero-order chi connectivity index (χ0) is 20.4. The topological polar surface area (TPSA) is 63.1 Å². The largest absolute Gasteiger partial charge is 0.318 e. The number of carbonyl (C=O) groups excluding carboxylic acids is 2. The number of aromatic nitrogens is 1. The first kappa shape index (κ1) is 19.8. The second-order valence-corrected chi connectivity index (χ2v) is 6.98. The summed E-state index contributed by atoms with van der Waals surface area (Å²) in [7, 11) is 0. The van der Waals surface area contributed by atoms with Crippen molar-refractivity contribution in [2.45, 2.75) is 13.8 Å². The third-order valence-corrected chi connectivity index (χ3v) is 4.91. The van der Waals surface area contributed by atoms with Crippen molar-refractivity contribution in [1.29, 1.82) is 0 Å². The molecule has 144 valence electrons. The predicted molar refractivity (Wildman–Crippen MR) is 104 cm³/mol. The molecule has 1 heterocycles. The highest BCUT2D eigenvalue weighted by Gasteiger charge is 2.18. The van der Waals surface area contributed by atoms with Gasteiger partial charge in [-0.3, -0.25) is 20.4 Å². The van der Waals surface area contributed by atoms with Gasteiger partial charge in [0.1, 0.15) is 11.6 Å². The molecule has 3 rings (SSSR count). The average molecular weight is 448 g/mol. The Labute approximate surface area is 168 Å². The fourth-order valence-electron chi connectivity index (χ4n) is 2.90. The Kier molecular flexibility index (Phi) is 5.60. The van der Waals surface area contributed by atoms with Crippen molar-refractivity contribution < 1.29 is 18.4 Å². The Morgan fingerprint density at radius 2 is 1.43 bits per heavy atom. The Morgan fingerprint density at radius 3 is 2.07 bits per heavy atom. The predicted octanol–water partition coefficient (Wildman–Crippen LogP) is 4.21. The van der Waals surface area contributed by atoms with Crippen LogP contribution in [0.4, 0.5) is 8.78 Å². The summed E-state index contributed by atoms with van der Waals surface area (Å²) in [5, 5.41) is 0. The van der Waals surface area contributed by atoms with Gasteiger partial charge in [-0.15, -0.1) is 0 Å². The van der Waals surface area contributed by atoms with Crippen molar-refractivity contribution >= 4 is 27.7 Å². The smallest absolute Gasteiger partial charge is 0.271 e. The van der Waals surface area contributed by atoms with Crippen LogP contribution in [0.25, 0.3) is 5.69 Å². The summed E-state index contributed by atoms with van der Waals surface area (Å²) in [6, 6.07) is 11.2. The Morgan fingerprint density at radius 1 is 0.857 bits per heavy atom. The number of amides is 2. The number of nitrogens with one attached hydrogen (secondary N) is 2. The van der Waals surface area contributed by atoms with Crippen LogP contribution in [0.5, 0.6) is 0 Å². The van der Waals surface area contributed by atoms with Crippen molar-refractivity contribution in [2.75, 3.05) is 0 Å². The van der Waals surface area contributed by atoms with E-state index >= 15 is 0 Å². The molecule has 0 bridgehead atoms. The van der Waals surface area contributed by atoms with Crippen LogP contribution in [0, 0.1) is 25.5 Å². The standard InChI is InChI=1S/C20H16BrF2N3O2/c1-11-9-16(12(2)26(11)15-6-3-13(22)4-7-15)19(27)24-25-20(28)17-10-14(23)5-8-18(17)21/h3-10H,1-2H3,(H,24,27)(H,25,28). The maximum atomic E-state index is 13.3. The number of hydrazine groups is 1. The molecule has 0 unspecified atom stereocenters. The van der Waals surface area contributed by atoms with Gasteiger partial charge in [-0.1, -0.05) is 0 Å². The molecule has 0 aliphatic heterocycles. The number of aryl methyl sites for hydroxylation is 1. The number of carbonyl (C=O) groups is 2. The Hall–Kier alpha value is -3.00. The van der Waals surface area contributed by atoms with Crippen LogP contribution in [-0.4, -0.2) is 16.4 Å². The van der Waals surface area contributed by atoms with E-state index < -0.39 is 17.6 Å². The molecule has 0 atom stereocenters. The third-order valence-electron chi connectivity index (χ3n) is 4.22. The van der Waals surface area contributed by atoms with Gasteiger partial charge in [0, 0.05) is 21.5 Å². The first-order chi connectivity index (χ1) is 13.3. The molecule has 3 aromatic rings. The average Bonchev–Trinajstić information content (AvgIpc) is 2.96. The highest BCUT2D eigenvalue weighted by atomic mass is 79.9. The fourth-order valence-corrected chi connectivity index (χ4v) is 3.33. The Balaban J connectivity index is 1.78. The minimum Gasteiger partial charge on any atom is -0.318 e. The number of rotatable bonds is 3. The number of benzene rings is 2. The molecule has 0 spiro atoms. The molecule has 0 aliphatic rings. The van der Waals surface area contributed by atoms with Crippen LogP contribution in [0.3, 0.4) is 0 Å². The van der Waals surface area contributed by atoms with Gasteiger partial charge in [0.25, 0.3) is 11.8 Å². The van der Waals surface area contributed by atoms with E-state index in [1.807, 2.05) is 6.92 Å². The van der Waals surface area contributed by atoms with Crippen molar-refractivity contribution in [3.05, 3.63) is 87.2 Å². The second kappa shape index (κ2) is 7.93. The molecule has 5 nitrogen and oxygen atoms in total.